The van der Waals surface area contributed by atoms with E-state index >= 15 is 0 Å². The Kier molecular flexibility index (Phi) is 4.25. The van der Waals surface area contributed by atoms with Gasteiger partial charge in [-0.15, -0.1) is 0 Å². The third-order valence-electron chi connectivity index (χ3n) is 5.38. The third-order valence-corrected chi connectivity index (χ3v) is 5.38. The summed E-state index contributed by atoms with van der Waals surface area (Å²) in [6.45, 7) is 6.42. The second kappa shape index (κ2) is 5.92. The van der Waals surface area contributed by atoms with Gasteiger partial charge in [-0.1, -0.05) is 26.2 Å². The molecule has 0 aromatic rings. The first-order chi connectivity index (χ1) is 8.83. The molecule has 0 aromatic heterocycles. The standard InChI is InChI=1S/C16H30N2/c1-2-13-3-5-14(6-4-13)11-18-10-9-16(12-18)17-15-7-8-15/h13-17H,2-12H2,1H3. The summed E-state index contributed by atoms with van der Waals surface area (Å²) in [6, 6.07) is 1.69. The van der Waals surface area contributed by atoms with Gasteiger partial charge in [0.1, 0.15) is 0 Å². The zero-order valence-electron chi connectivity index (χ0n) is 12.0. The Hall–Kier alpha value is -0.0800. The maximum absolute atomic E-state index is 3.79. The summed E-state index contributed by atoms with van der Waals surface area (Å²) in [6.07, 6.45) is 11.6. The molecule has 2 saturated carbocycles. The van der Waals surface area contributed by atoms with Crippen LogP contribution in [0, 0.1) is 11.8 Å². The van der Waals surface area contributed by atoms with Crippen LogP contribution in [-0.4, -0.2) is 36.6 Å². The van der Waals surface area contributed by atoms with Crippen molar-refractivity contribution in [3.05, 3.63) is 0 Å². The summed E-state index contributed by atoms with van der Waals surface area (Å²) in [5.74, 6) is 2.05. The summed E-state index contributed by atoms with van der Waals surface area (Å²) in [7, 11) is 0. The quantitative estimate of drug-likeness (QED) is 0.807. The minimum Gasteiger partial charge on any atom is -0.310 e. The van der Waals surface area contributed by atoms with E-state index in [1.165, 1.54) is 71.0 Å². The fourth-order valence-electron chi connectivity index (χ4n) is 3.91. The van der Waals surface area contributed by atoms with Gasteiger partial charge in [-0.2, -0.15) is 0 Å². The molecule has 1 saturated heterocycles. The normalized spacial score (nSPS) is 38.2. The molecule has 3 rings (SSSR count). The highest BCUT2D eigenvalue weighted by Crippen LogP contribution is 2.31. The van der Waals surface area contributed by atoms with Crippen LogP contribution in [0.25, 0.3) is 0 Å². The van der Waals surface area contributed by atoms with Gasteiger partial charge in [0.15, 0.2) is 0 Å². The topological polar surface area (TPSA) is 15.3 Å². The van der Waals surface area contributed by atoms with Crippen molar-refractivity contribution in [2.75, 3.05) is 19.6 Å². The van der Waals surface area contributed by atoms with Crippen LogP contribution >= 0.6 is 0 Å². The molecule has 2 nitrogen and oxygen atoms in total. The Morgan fingerprint density at radius 1 is 0.889 bits per heavy atom. The summed E-state index contributed by atoms with van der Waals surface area (Å²) in [5, 5.41) is 3.79. The number of nitrogens with one attached hydrogen (secondary N) is 1. The van der Waals surface area contributed by atoms with E-state index in [0.717, 1.165) is 23.9 Å². The molecule has 0 bridgehead atoms. The third kappa shape index (κ3) is 3.48. The minimum absolute atomic E-state index is 0.810. The number of hydrogen-bond donors (Lipinski definition) is 1. The lowest BCUT2D eigenvalue weighted by molar-refractivity contribution is 0.199. The summed E-state index contributed by atoms with van der Waals surface area (Å²) in [4.78, 5) is 2.73. The van der Waals surface area contributed by atoms with E-state index < -0.39 is 0 Å². The van der Waals surface area contributed by atoms with E-state index in [4.69, 9.17) is 0 Å². The summed E-state index contributed by atoms with van der Waals surface area (Å²) < 4.78 is 0. The monoisotopic (exact) mass is 250 g/mol. The van der Waals surface area contributed by atoms with Gasteiger partial charge in [-0.25, -0.2) is 0 Å². The first-order valence-electron chi connectivity index (χ1n) is 8.32. The molecule has 3 aliphatic rings. The van der Waals surface area contributed by atoms with Crippen molar-refractivity contribution < 1.29 is 0 Å². The largest absolute Gasteiger partial charge is 0.310 e. The van der Waals surface area contributed by atoms with Crippen LogP contribution in [0.3, 0.4) is 0 Å². The maximum atomic E-state index is 3.79. The van der Waals surface area contributed by atoms with Crippen molar-refractivity contribution in [2.45, 2.75) is 70.4 Å². The van der Waals surface area contributed by atoms with Crippen molar-refractivity contribution in [3.63, 3.8) is 0 Å². The Labute approximate surface area is 113 Å². The van der Waals surface area contributed by atoms with Crippen molar-refractivity contribution >= 4 is 0 Å². The molecule has 1 heterocycles. The van der Waals surface area contributed by atoms with E-state index in [1.807, 2.05) is 0 Å². The van der Waals surface area contributed by atoms with E-state index in [0.29, 0.717) is 0 Å². The lowest BCUT2D eigenvalue weighted by Crippen LogP contribution is -2.36. The van der Waals surface area contributed by atoms with Crippen molar-refractivity contribution in [1.82, 2.24) is 10.2 Å². The van der Waals surface area contributed by atoms with E-state index in [1.54, 1.807) is 0 Å². The van der Waals surface area contributed by atoms with Gasteiger partial charge >= 0.3 is 0 Å². The molecule has 0 aromatic carbocycles. The highest BCUT2D eigenvalue weighted by Gasteiger charge is 2.30. The second-order valence-electron chi connectivity index (χ2n) is 6.98. The van der Waals surface area contributed by atoms with Crippen LogP contribution in [0.1, 0.15) is 58.3 Å². The van der Waals surface area contributed by atoms with Gasteiger partial charge in [0.25, 0.3) is 0 Å². The highest BCUT2D eigenvalue weighted by atomic mass is 15.2. The van der Waals surface area contributed by atoms with Crippen molar-refractivity contribution in [2.24, 2.45) is 11.8 Å². The predicted octanol–water partition coefficient (Wildman–Crippen LogP) is 3.03. The van der Waals surface area contributed by atoms with Crippen LogP contribution in [0.2, 0.25) is 0 Å². The molecule has 1 unspecified atom stereocenters. The number of nitrogens with zero attached hydrogens (tertiary/aromatic N) is 1. The number of rotatable bonds is 5. The SMILES string of the molecule is CCC1CCC(CN2CCC(NC3CC3)C2)CC1. The Morgan fingerprint density at radius 3 is 2.28 bits per heavy atom. The molecular formula is C16H30N2. The number of hydrogen-bond acceptors (Lipinski definition) is 2. The molecule has 1 atom stereocenters. The lowest BCUT2D eigenvalue weighted by atomic mass is 9.81. The van der Waals surface area contributed by atoms with Gasteiger partial charge in [0.2, 0.25) is 0 Å². The Balaban J connectivity index is 1.36. The van der Waals surface area contributed by atoms with Crippen LogP contribution in [0.5, 0.6) is 0 Å². The molecule has 104 valence electrons. The molecule has 0 spiro atoms. The average Bonchev–Trinajstić information content (AvgIpc) is 3.10. The second-order valence-corrected chi connectivity index (χ2v) is 6.98. The van der Waals surface area contributed by atoms with Gasteiger partial charge in [-0.3, -0.25) is 0 Å². The maximum Gasteiger partial charge on any atom is 0.0209 e. The van der Waals surface area contributed by atoms with E-state index in [9.17, 15) is 0 Å². The molecule has 1 N–H and O–H groups in total. The molecule has 1 aliphatic heterocycles. The molecule has 2 heteroatoms. The number of likely N-dealkylation sites (tertiary alicyclic amines) is 1. The molecule has 3 fully saturated rings. The smallest absolute Gasteiger partial charge is 0.0209 e. The average molecular weight is 250 g/mol. The molecule has 2 aliphatic carbocycles. The zero-order chi connectivity index (χ0) is 12.4. The highest BCUT2D eigenvalue weighted by molar-refractivity contribution is 4.90. The predicted molar refractivity (Wildman–Crippen MR) is 76.7 cm³/mol. The molecule has 0 radical (unpaired) electrons. The van der Waals surface area contributed by atoms with Crippen molar-refractivity contribution in [3.8, 4) is 0 Å². The van der Waals surface area contributed by atoms with Gasteiger partial charge in [-0.05, 0) is 50.5 Å². The van der Waals surface area contributed by atoms with Gasteiger partial charge in [0, 0.05) is 25.2 Å². The summed E-state index contributed by atoms with van der Waals surface area (Å²) in [5.41, 5.74) is 0. The van der Waals surface area contributed by atoms with Crippen LogP contribution in [0.4, 0.5) is 0 Å². The minimum atomic E-state index is 0.810. The van der Waals surface area contributed by atoms with Crippen LogP contribution in [0.15, 0.2) is 0 Å². The van der Waals surface area contributed by atoms with Gasteiger partial charge < -0.3 is 10.2 Å². The van der Waals surface area contributed by atoms with Gasteiger partial charge in [0.05, 0.1) is 0 Å². The Bertz CT molecular complexity index is 254. The first-order valence-corrected chi connectivity index (χ1v) is 8.32. The summed E-state index contributed by atoms with van der Waals surface area (Å²) >= 11 is 0. The lowest BCUT2D eigenvalue weighted by Gasteiger charge is -2.30. The molecular weight excluding hydrogens is 220 g/mol. The zero-order valence-corrected chi connectivity index (χ0v) is 12.0. The van der Waals surface area contributed by atoms with Crippen LogP contribution < -0.4 is 5.32 Å². The fraction of sp³-hybridized carbons (Fsp3) is 1.00. The molecule has 18 heavy (non-hydrogen) atoms. The van der Waals surface area contributed by atoms with E-state index in [2.05, 4.69) is 17.1 Å². The first kappa shape index (κ1) is 12.9. The van der Waals surface area contributed by atoms with E-state index in [-0.39, 0.29) is 0 Å². The molecule has 0 amide bonds. The Morgan fingerprint density at radius 2 is 1.61 bits per heavy atom. The van der Waals surface area contributed by atoms with Crippen LogP contribution in [-0.2, 0) is 0 Å². The van der Waals surface area contributed by atoms with Crippen molar-refractivity contribution in [1.29, 1.82) is 0 Å². The fourth-order valence-corrected chi connectivity index (χ4v) is 3.91.